The first kappa shape index (κ1) is 15.5. The van der Waals surface area contributed by atoms with Gasteiger partial charge in [-0.1, -0.05) is 15.9 Å². The summed E-state index contributed by atoms with van der Waals surface area (Å²) in [4.78, 5) is 0. The smallest absolute Gasteiger partial charge is 0.122 e. The Bertz CT molecular complexity index is 572. The lowest BCUT2D eigenvalue weighted by Crippen LogP contribution is -2.11. The molecule has 2 rings (SSSR count). The molecule has 0 saturated heterocycles. The minimum atomic E-state index is 0.571. The molecule has 0 unspecified atom stereocenters. The van der Waals surface area contributed by atoms with E-state index in [1.54, 1.807) is 14.2 Å². The van der Waals surface area contributed by atoms with Crippen molar-refractivity contribution in [3.63, 3.8) is 0 Å². The van der Waals surface area contributed by atoms with Crippen LogP contribution < -0.4 is 19.5 Å². The van der Waals surface area contributed by atoms with Crippen molar-refractivity contribution in [2.75, 3.05) is 32.7 Å². The van der Waals surface area contributed by atoms with Crippen LogP contribution in [-0.2, 0) is 0 Å². The van der Waals surface area contributed by atoms with E-state index in [4.69, 9.17) is 14.2 Å². The second-order valence-corrected chi connectivity index (χ2v) is 5.25. The molecule has 0 fully saturated rings. The number of nitrogens with one attached hydrogen (secondary N) is 1. The summed E-state index contributed by atoms with van der Waals surface area (Å²) in [5.41, 5.74) is 0.986. The maximum Gasteiger partial charge on any atom is 0.122 e. The number of benzene rings is 2. The third-order valence-electron chi connectivity index (χ3n) is 2.87. The van der Waals surface area contributed by atoms with E-state index in [0.29, 0.717) is 13.2 Å². The molecule has 0 aliphatic rings. The van der Waals surface area contributed by atoms with Gasteiger partial charge in [0.25, 0.3) is 0 Å². The fourth-order valence-corrected chi connectivity index (χ4v) is 2.29. The van der Waals surface area contributed by atoms with Crippen LogP contribution >= 0.6 is 15.9 Å². The van der Waals surface area contributed by atoms with Gasteiger partial charge in [-0.05, 0) is 36.4 Å². The average Bonchev–Trinajstić information content (AvgIpc) is 2.51. The highest BCUT2D eigenvalue weighted by Crippen LogP contribution is 2.24. The van der Waals surface area contributed by atoms with Crippen LogP contribution in [0.25, 0.3) is 0 Å². The van der Waals surface area contributed by atoms with E-state index in [0.717, 1.165) is 27.4 Å². The topological polar surface area (TPSA) is 39.7 Å². The van der Waals surface area contributed by atoms with Gasteiger partial charge in [-0.15, -0.1) is 0 Å². The van der Waals surface area contributed by atoms with Gasteiger partial charge in [-0.3, -0.25) is 0 Å². The highest BCUT2D eigenvalue weighted by atomic mass is 79.9. The Morgan fingerprint density at radius 1 is 0.905 bits per heavy atom. The predicted octanol–water partition coefficient (Wildman–Crippen LogP) is 3.96. The van der Waals surface area contributed by atoms with Crippen LogP contribution in [0.4, 0.5) is 5.69 Å². The highest BCUT2D eigenvalue weighted by Gasteiger charge is 2.00. The highest BCUT2D eigenvalue weighted by molar-refractivity contribution is 9.10. The first-order chi connectivity index (χ1) is 10.2. The van der Waals surface area contributed by atoms with Gasteiger partial charge in [-0.2, -0.15) is 0 Å². The van der Waals surface area contributed by atoms with Crippen molar-refractivity contribution in [3.8, 4) is 17.2 Å². The van der Waals surface area contributed by atoms with Crippen LogP contribution in [0.3, 0.4) is 0 Å². The molecule has 21 heavy (non-hydrogen) atoms. The summed E-state index contributed by atoms with van der Waals surface area (Å²) >= 11 is 3.45. The van der Waals surface area contributed by atoms with Gasteiger partial charge in [0.2, 0.25) is 0 Å². The number of rotatable bonds is 7. The standard InChI is InChI=1S/C16H18BrNO3/c1-19-14-3-5-15(6-4-14)21-8-7-18-13-9-12(17)10-16(11-13)20-2/h3-6,9-11,18H,7-8H2,1-2H3. The number of halogens is 1. The molecule has 0 radical (unpaired) electrons. The Labute approximate surface area is 133 Å². The molecule has 112 valence electrons. The third-order valence-corrected chi connectivity index (χ3v) is 3.32. The second kappa shape index (κ2) is 7.78. The van der Waals surface area contributed by atoms with Crippen molar-refractivity contribution in [2.45, 2.75) is 0 Å². The molecule has 0 aliphatic heterocycles. The van der Waals surface area contributed by atoms with Gasteiger partial charge in [0.15, 0.2) is 0 Å². The molecule has 2 aromatic rings. The zero-order valence-corrected chi connectivity index (χ0v) is 13.6. The molecule has 5 heteroatoms. The van der Waals surface area contributed by atoms with E-state index in [1.165, 1.54) is 0 Å². The summed E-state index contributed by atoms with van der Waals surface area (Å²) < 4.78 is 16.9. The van der Waals surface area contributed by atoms with Gasteiger partial charge < -0.3 is 19.5 Å². The number of hydrogen-bond acceptors (Lipinski definition) is 4. The van der Waals surface area contributed by atoms with E-state index >= 15 is 0 Å². The molecule has 0 heterocycles. The normalized spacial score (nSPS) is 10.0. The lowest BCUT2D eigenvalue weighted by molar-refractivity contribution is 0.331. The minimum Gasteiger partial charge on any atom is -0.497 e. The Kier molecular flexibility index (Phi) is 5.75. The first-order valence-corrected chi connectivity index (χ1v) is 7.36. The van der Waals surface area contributed by atoms with Crippen molar-refractivity contribution in [3.05, 3.63) is 46.9 Å². The molecule has 0 aromatic heterocycles. The minimum absolute atomic E-state index is 0.571. The first-order valence-electron chi connectivity index (χ1n) is 6.56. The molecular formula is C16H18BrNO3. The molecule has 1 N–H and O–H groups in total. The van der Waals surface area contributed by atoms with Crippen LogP contribution in [0, 0.1) is 0 Å². The average molecular weight is 352 g/mol. The molecule has 0 atom stereocenters. The summed E-state index contributed by atoms with van der Waals surface area (Å²) in [6.45, 7) is 1.27. The van der Waals surface area contributed by atoms with Crippen LogP contribution in [-0.4, -0.2) is 27.4 Å². The van der Waals surface area contributed by atoms with Gasteiger partial charge in [0, 0.05) is 22.8 Å². The second-order valence-electron chi connectivity index (χ2n) is 4.33. The third kappa shape index (κ3) is 4.86. The molecule has 2 aromatic carbocycles. The van der Waals surface area contributed by atoms with Crippen molar-refractivity contribution in [1.29, 1.82) is 0 Å². The molecule has 0 aliphatic carbocycles. The van der Waals surface area contributed by atoms with Crippen molar-refractivity contribution < 1.29 is 14.2 Å². The van der Waals surface area contributed by atoms with Crippen LogP contribution in [0.15, 0.2) is 46.9 Å². The van der Waals surface area contributed by atoms with Gasteiger partial charge in [-0.25, -0.2) is 0 Å². The molecule has 0 saturated carbocycles. The lowest BCUT2D eigenvalue weighted by Gasteiger charge is -2.10. The van der Waals surface area contributed by atoms with Crippen molar-refractivity contribution >= 4 is 21.6 Å². The van der Waals surface area contributed by atoms with E-state index in [-0.39, 0.29) is 0 Å². The monoisotopic (exact) mass is 351 g/mol. The molecule has 0 spiro atoms. The van der Waals surface area contributed by atoms with Gasteiger partial charge in [0.1, 0.15) is 23.9 Å². The zero-order chi connectivity index (χ0) is 15.1. The maximum atomic E-state index is 5.65. The fourth-order valence-electron chi connectivity index (χ4n) is 1.82. The quantitative estimate of drug-likeness (QED) is 0.766. The lowest BCUT2D eigenvalue weighted by atomic mass is 10.3. The molecule has 0 amide bonds. The fraction of sp³-hybridized carbons (Fsp3) is 0.250. The van der Waals surface area contributed by atoms with Crippen LogP contribution in [0.2, 0.25) is 0 Å². The van der Waals surface area contributed by atoms with E-state index in [9.17, 15) is 0 Å². The number of hydrogen-bond donors (Lipinski definition) is 1. The van der Waals surface area contributed by atoms with E-state index in [2.05, 4.69) is 21.2 Å². The summed E-state index contributed by atoms with van der Waals surface area (Å²) in [7, 11) is 3.30. The molecule has 4 nitrogen and oxygen atoms in total. The van der Waals surface area contributed by atoms with E-state index in [1.807, 2.05) is 42.5 Å². The predicted molar refractivity (Wildman–Crippen MR) is 87.7 cm³/mol. The van der Waals surface area contributed by atoms with Crippen molar-refractivity contribution in [1.82, 2.24) is 0 Å². The largest absolute Gasteiger partial charge is 0.497 e. The van der Waals surface area contributed by atoms with E-state index < -0.39 is 0 Å². The van der Waals surface area contributed by atoms with Crippen LogP contribution in [0.1, 0.15) is 0 Å². The summed E-state index contributed by atoms with van der Waals surface area (Å²) in [5, 5.41) is 3.29. The van der Waals surface area contributed by atoms with Gasteiger partial charge in [0.05, 0.1) is 14.2 Å². The SMILES string of the molecule is COc1ccc(OCCNc2cc(Br)cc(OC)c2)cc1. The summed E-state index contributed by atoms with van der Waals surface area (Å²) in [6, 6.07) is 13.4. The van der Waals surface area contributed by atoms with Crippen molar-refractivity contribution in [2.24, 2.45) is 0 Å². The maximum absolute atomic E-state index is 5.65. The zero-order valence-electron chi connectivity index (χ0n) is 12.1. The van der Waals surface area contributed by atoms with Crippen LogP contribution in [0.5, 0.6) is 17.2 Å². The summed E-state index contributed by atoms with van der Waals surface area (Å²) in [5.74, 6) is 2.45. The number of methoxy groups -OCH3 is 2. The molecular weight excluding hydrogens is 334 g/mol. The number of ether oxygens (including phenoxy) is 3. The Balaban J connectivity index is 1.80. The number of anilines is 1. The Morgan fingerprint density at radius 2 is 1.57 bits per heavy atom. The van der Waals surface area contributed by atoms with Gasteiger partial charge >= 0.3 is 0 Å². The molecule has 0 bridgehead atoms. The summed E-state index contributed by atoms with van der Waals surface area (Å²) in [6.07, 6.45) is 0. The Hall–Kier alpha value is -1.88. The Morgan fingerprint density at radius 3 is 2.24 bits per heavy atom.